The largest absolute Gasteiger partial charge is 0.383 e. The number of aryl methyl sites for hydroxylation is 1. The van der Waals surface area contributed by atoms with Gasteiger partial charge in [0.05, 0.1) is 10.9 Å². The van der Waals surface area contributed by atoms with Crippen molar-refractivity contribution in [3.8, 4) is 11.1 Å². The number of nitrogens with zero attached hydrogens (tertiary/aromatic N) is 7. The summed E-state index contributed by atoms with van der Waals surface area (Å²) >= 11 is 0. The van der Waals surface area contributed by atoms with Crippen LogP contribution in [0.2, 0.25) is 0 Å². The van der Waals surface area contributed by atoms with Gasteiger partial charge in [0.1, 0.15) is 29.1 Å². The smallest absolute Gasteiger partial charge is 0.208 e. The van der Waals surface area contributed by atoms with E-state index < -0.39 is 11.6 Å². The topological polar surface area (TPSA) is 93.1 Å². The number of halogens is 2. The number of nitrogens with two attached hydrogens (primary N) is 1. The van der Waals surface area contributed by atoms with Crippen LogP contribution in [0.25, 0.3) is 33.2 Å². The predicted molar refractivity (Wildman–Crippen MR) is 162 cm³/mol. The first-order valence-corrected chi connectivity index (χ1v) is 14.6. The molecule has 2 aromatic carbocycles. The number of anilines is 3. The van der Waals surface area contributed by atoms with Gasteiger partial charge in [-0.3, -0.25) is 4.90 Å². The number of nitrogens with one attached hydrogen (secondary N) is 1. The third-order valence-electron chi connectivity index (χ3n) is 9.09. The van der Waals surface area contributed by atoms with E-state index in [1.54, 1.807) is 17.9 Å². The second-order valence-corrected chi connectivity index (χ2v) is 11.7. The molecule has 0 spiro atoms. The van der Waals surface area contributed by atoms with E-state index in [0.29, 0.717) is 23.8 Å². The third kappa shape index (κ3) is 4.76. The van der Waals surface area contributed by atoms with E-state index in [1.165, 1.54) is 18.9 Å². The molecule has 218 valence electrons. The van der Waals surface area contributed by atoms with E-state index in [-0.39, 0.29) is 11.0 Å². The summed E-state index contributed by atoms with van der Waals surface area (Å²) in [6.07, 6.45) is 8.31. The normalized spacial score (nSPS) is 20.5. The number of hydrogen-bond acceptors (Lipinski definition) is 7. The summed E-state index contributed by atoms with van der Waals surface area (Å²) in [7, 11) is 3.90. The van der Waals surface area contributed by atoms with Crippen molar-refractivity contribution < 1.29 is 8.78 Å². The SMILES string of the molecule is CN1CCN([C@H]2CC[C@@H](n3cc(-c4ccc(Nc5nc6cc(F)cc(F)c6n5C)cc4)c4c(N)ncnc43)CC2)CC1. The molecule has 7 rings (SSSR count). The number of hydrogen-bond donors (Lipinski definition) is 2. The first-order chi connectivity index (χ1) is 20.4. The second-order valence-electron chi connectivity index (χ2n) is 11.7. The van der Waals surface area contributed by atoms with E-state index in [9.17, 15) is 8.78 Å². The van der Waals surface area contributed by atoms with Crippen molar-refractivity contribution in [2.75, 3.05) is 44.3 Å². The van der Waals surface area contributed by atoms with E-state index in [4.69, 9.17) is 5.73 Å². The fraction of sp³-hybridized carbons (Fsp3) is 0.387. The molecule has 0 unspecified atom stereocenters. The number of piperazine rings is 1. The molecule has 1 saturated carbocycles. The van der Waals surface area contributed by atoms with Gasteiger partial charge in [-0.05, 0) is 50.4 Å². The molecule has 0 radical (unpaired) electrons. The van der Waals surface area contributed by atoms with Crippen LogP contribution in [0, 0.1) is 11.6 Å². The average molecular weight is 572 g/mol. The molecule has 42 heavy (non-hydrogen) atoms. The van der Waals surface area contributed by atoms with E-state index >= 15 is 0 Å². The molecule has 1 aliphatic carbocycles. The van der Waals surface area contributed by atoms with Crippen LogP contribution in [0.1, 0.15) is 31.7 Å². The summed E-state index contributed by atoms with van der Waals surface area (Å²) in [6, 6.07) is 11.0. The standard InChI is InChI=1S/C31H35F2N9/c1-39-11-13-41(14-12-39)22-7-9-23(10-8-22)42-17-24(27-29(34)35-18-36-30(27)42)19-3-5-21(6-4-19)37-31-38-26-16-20(32)15-25(33)28(26)40(31)2/h3-6,15-18,22-23H,7-14H2,1-2H3,(H,37,38)(H2,34,35,36)/t22-,23+. The Morgan fingerprint density at radius 2 is 1.62 bits per heavy atom. The molecule has 11 heteroatoms. The number of fused-ring (bicyclic) bond motifs is 2. The maximum absolute atomic E-state index is 14.4. The Bertz CT molecular complexity index is 1740. The van der Waals surface area contributed by atoms with Crippen molar-refractivity contribution in [2.24, 2.45) is 7.05 Å². The van der Waals surface area contributed by atoms with Crippen LogP contribution in [0.5, 0.6) is 0 Å². The lowest BCUT2D eigenvalue weighted by Crippen LogP contribution is -2.49. The highest BCUT2D eigenvalue weighted by molar-refractivity contribution is 6.00. The van der Waals surface area contributed by atoms with Crippen molar-refractivity contribution >= 4 is 39.5 Å². The summed E-state index contributed by atoms with van der Waals surface area (Å²) < 4.78 is 32.0. The summed E-state index contributed by atoms with van der Waals surface area (Å²) in [6.45, 7) is 4.60. The Morgan fingerprint density at radius 3 is 2.36 bits per heavy atom. The minimum absolute atomic E-state index is 0.247. The average Bonchev–Trinajstić information content (AvgIpc) is 3.52. The Labute approximate surface area is 243 Å². The van der Waals surface area contributed by atoms with Crippen molar-refractivity contribution in [2.45, 2.75) is 37.8 Å². The van der Waals surface area contributed by atoms with Gasteiger partial charge in [0.15, 0.2) is 5.82 Å². The molecular weight excluding hydrogens is 536 g/mol. The number of likely N-dealkylation sites (N-methyl/N-ethyl adjacent to an activating group) is 1. The van der Waals surface area contributed by atoms with Gasteiger partial charge in [0.25, 0.3) is 0 Å². The first-order valence-electron chi connectivity index (χ1n) is 14.6. The fourth-order valence-corrected chi connectivity index (χ4v) is 6.73. The second kappa shape index (κ2) is 10.6. The molecule has 0 amide bonds. The Hall–Kier alpha value is -4.09. The van der Waals surface area contributed by atoms with Crippen molar-refractivity contribution in [1.29, 1.82) is 0 Å². The molecule has 3 N–H and O–H groups in total. The maximum atomic E-state index is 14.4. The quantitative estimate of drug-likeness (QED) is 0.295. The van der Waals surface area contributed by atoms with Crippen LogP contribution in [-0.2, 0) is 7.05 Å². The maximum Gasteiger partial charge on any atom is 0.208 e. The molecular formula is C31H35F2N9. The number of rotatable bonds is 5. The van der Waals surface area contributed by atoms with Crippen LogP contribution >= 0.6 is 0 Å². The summed E-state index contributed by atoms with van der Waals surface area (Å²) in [4.78, 5) is 18.5. The molecule has 2 aliphatic rings. The predicted octanol–water partition coefficient (Wildman–Crippen LogP) is 5.32. The zero-order valence-electron chi connectivity index (χ0n) is 23.9. The number of imidazole rings is 1. The lowest BCUT2D eigenvalue weighted by atomic mass is 9.89. The molecule has 9 nitrogen and oxygen atoms in total. The lowest BCUT2D eigenvalue weighted by Gasteiger charge is -2.41. The van der Waals surface area contributed by atoms with Crippen molar-refractivity contribution in [3.63, 3.8) is 0 Å². The van der Waals surface area contributed by atoms with Crippen LogP contribution in [0.3, 0.4) is 0 Å². The molecule has 0 bridgehead atoms. The summed E-state index contributed by atoms with van der Waals surface area (Å²) in [5, 5.41) is 4.10. The summed E-state index contributed by atoms with van der Waals surface area (Å²) in [5.74, 6) is -0.411. The van der Waals surface area contributed by atoms with Crippen LogP contribution in [0.4, 0.5) is 26.2 Å². The van der Waals surface area contributed by atoms with E-state index in [0.717, 1.165) is 72.9 Å². The van der Waals surface area contributed by atoms with Crippen molar-refractivity contribution in [3.05, 3.63) is 60.6 Å². The summed E-state index contributed by atoms with van der Waals surface area (Å²) in [5.41, 5.74) is 10.6. The van der Waals surface area contributed by atoms with Crippen molar-refractivity contribution in [1.82, 2.24) is 33.9 Å². The first kappa shape index (κ1) is 26.8. The van der Waals surface area contributed by atoms with E-state index in [2.05, 4.69) is 47.9 Å². The minimum atomic E-state index is -0.653. The monoisotopic (exact) mass is 571 g/mol. The highest BCUT2D eigenvalue weighted by atomic mass is 19.1. The van der Waals surface area contributed by atoms with Crippen LogP contribution in [-0.4, -0.2) is 73.2 Å². The van der Waals surface area contributed by atoms with Gasteiger partial charge in [-0.1, -0.05) is 12.1 Å². The number of aromatic nitrogens is 5. The van der Waals surface area contributed by atoms with Gasteiger partial charge in [-0.15, -0.1) is 0 Å². The fourth-order valence-electron chi connectivity index (χ4n) is 6.73. The van der Waals surface area contributed by atoms with Crippen LogP contribution < -0.4 is 11.1 Å². The minimum Gasteiger partial charge on any atom is -0.383 e. The number of nitrogen functional groups attached to an aromatic ring is 1. The molecule has 4 heterocycles. The Morgan fingerprint density at radius 1 is 0.905 bits per heavy atom. The van der Waals surface area contributed by atoms with Gasteiger partial charge in [-0.25, -0.2) is 23.7 Å². The van der Waals surface area contributed by atoms with Gasteiger partial charge < -0.3 is 25.1 Å². The molecule has 3 aromatic heterocycles. The highest BCUT2D eigenvalue weighted by Gasteiger charge is 2.30. The van der Waals surface area contributed by atoms with Gasteiger partial charge in [0.2, 0.25) is 5.95 Å². The Balaban J connectivity index is 1.13. The van der Waals surface area contributed by atoms with Gasteiger partial charge in [0, 0.05) is 74.9 Å². The Kier molecular flexibility index (Phi) is 6.78. The molecule has 1 saturated heterocycles. The zero-order chi connectivity index (χ0) is 29.0. The molecule has 2 fully saturated rings. The molecule has 1 aliphatic heterocycles. The molecule has 5 aromatic rings. The zero-order valence-corrected chi connectivity index (χ0v) is 23.9. The highest BCUT2D eigenvalue weighted by Crippen LogP contribution is 2.39. The van der Waals surface area contributed by atoms with Crippen LogP contribution in [0.15, 0.2) is 48.9 Å². The van der Waals surface area contributed by atoms with Gasteiger partial charge >= 0.3 is 0 Å². The van der Waals surface area contributed by atoms with E-state index in [1.807, 2.05) is 24.3 Å². The van der Waals surface area contributed by atoms with Gasteiger partial charge in [-0.2, -0.15) is 0 Å². The lowest BCUT2D eigenvalue weighted by molar-refractivity contribution is 0.0828. The third-order valence-corrected chi connectivity index (χ3v) is 9.09. The number of benzene rings is 2. The molecule has 0 atom stereocenters.